The summed E-state index contributed by atoms with van der Waals surface area (Å²) in [6, 6.07) is 13.8. The molecule has 0 aliphatic rings. The number of aryl methyl sites for hydroxylation is 2. The van der Waals surface area contributed by atoms with Gasteiger partial charge in [-0.15, -0.1) is 0 Å². The molecule has 0 aliphatic heterocycles. The molecule has 0 amide bonds. The molecule has 0 atom stereocenters. The van der Waals surface area contributed by atoms with E-state index in [0.717, 1.165) is 5.56 Å². The number of rotatable bonds is 5. The van der Waals surface area contributed by atoms with Crippen LogP contribution in [0.15, 0.2) is 42.5 Å². The largest absolute Gasteiger partial charge is 0.488 e. The molecule has 0 unspecified atom stereocenters. The van der Waals surface area contributed by atoms with Crippen molar-refractivity contribution in [3.8, 4) is 5.75 Å². The molecule has 0 aromatic heterocycles. The van der Waals surface area contributed by atoms with Crippen LogP contribution in [0.4, 0.5) is 0 Å². The summed E-state index contributed by atoms with van der Waals surface area (Å²) in [7, 11) is 0. The van der Waals surface area contributed by atoms with Crippen molar-refractivity contribution < 1.29 is 9.53 Å². The lowest BCUT2D eigenvalue weighted by atomic mass is 10.1. The summed E-state index contributed by atoms with van der Waals surface area (Å²) in [6.07, 6.45) is 0.490. The number of benzene rings is 2. The first-order valence-electron chi connectivity index (χ1n) is 6.92. The molecule has 20 heavy (non-hydrogen) atoms. The quantitative estimate of drug-likeness (QED) is 0.748. The summed E-state index contributed by atoms with van der Waals surface area (Å²) in [5.41, 5.74) is 4.24. The maximum Gasteiger partial charge on any atom is 0.166 e. The first-order valence-corrected chi connectivity index (χ1v) is 6.92. The Morgan fingerprint density at radius 3 is 2.35 bits per heavy atom. The molecule has 0 N–H and O–H groups in total. The van der Waals surface area contributed by atoms with E-state index in [-0.39, 0.29) is 5.78 Å². The van der Waals surface area contributed by atoms with Gasteiger partial charge in [-0.25, -0.2) is 0 Å². The smallest absolute Gasteiger partial charge is 0.166 e. The molecule has 0 fully saturated rings. The standard InChI is InChI=1S/C18H20O2/c1-4-17(19)16-7-5-6-8-18(16)20-12-15-10-13(2)9-14(3)11-15/h5-11H,4,12H2,1-3H3. The maximum absolute atomic E-state index is 11.9. The molecular weight excluding hydrogens is 248 g/mol. The first-order chi connectivity index (χ1) is 9.60. The molecule has 2 aromatic carbocycles. The Balaban J connectivity index is 2.16. The minimum atomic E-state index is 0.112. The second-order valence-corrected chi connectivity index (χ2v) is 5.06. The van der Waals surface area contributed by atoms with Gasteiger partial charge in [0.2, 0.25) is 0 Å². The van der Waals surface area contributed by atoms with Crippen molar-refractivity contribution in [1.29, 1.82) is 0 Å². The number of para-hydroxylation sites is 1. The van der Waals surface area contributed by atoms with Crippen LogP contribution in [0.25, 0.3) is 0 Å². The molecule has 0 saturated carbocycles. The fourth-order valence-electron chi connectivity index (χ4n) is 2.33. The molecular formula is C18H20O2. The van der Waals surface area contributed by atoms with E-state index in [1.807, 2.05) is 31.2 Å². The topological polar surface area (TPSA) is 26.3 Å². The third-order valence-corrected chi connectivity index (χ3v) is 3.18. The van der Waals surface area contributed by atoms with E-state index in [9.17, 15) is 4.79 Å². The van der Waals surface area contributed by atoms with Crippen molar-refractivity contribution in [3.05, 3.63) is 64.7 Å². The van der Waals surface area contributed by atoms with Crippen LogP contribution in [-0.4, -0.2) is 5.78 Å². The Labute approximate surface area is 120 Å². The van der Waals surface area contributed by atoms with E-state index in [2.05, 4.69) is 32.0 Å². The maximum atomic E-state index is 11.9. The molecule has 0 saturated heterocycles. The van der Waals surface area contributed by atoms with Crippen molar-refractivity contribution in [2.75, 3.05) is 0 Å². The normalized spacial score (nSPS) is 10.3. The van der Waals surface area contributed by atoms with Crippen molar-refractivity contribution >= 4 is 5.78 Å². The molecule has 0 heterocycles. The van der Waals surface area contributed by atoms with Gasteiger partial charge in [0.25, 0.3) is 0 Å². The van der Waals surface area contributed by atoms with E-state index in [1.54, 1.807) is 0 Å². The van der Waals surface area contributed by atoms with Crippen molar-refractivity contribution in [3.63, 3.8) is 0 Å². The average Bonchev–Trinajstić information content (AvgIpc) is 2.43. The summed E-state index contributed by atoms with van der Waals surface area (Å²) in [5.74, 6) is 0.777. The lowest BCUT2D eigenvalue weighted by Crippen LogP contribution is -2.03. The van der Waals surface area contributed by atoms with E-state index >= 15 is 0 Å². The van der Waals surface area contributed by atoms with Gasteiger partial charge in [0, 0.05) is 6.42 Å². The van der Waals surface area contributed by atoms with Crippen molar-refractivity contribution in [2.24, 2.45) is 0 Å². The highest BCUT2D eigenvalue weighted by molar-refractivity contribution is 5.98. The van der Waals surface area contributed by atoms with Crippen LogP contribution in [0.1, 0.15) is 40.4 Å². The zero-order valence-corrected chi connectivity index (χ0v) is 12.3. The van der Waals surface area contributed by atoms with Crippen LogP contribution >= 0.6 is 0 Å². The van der Waals surface area contributed by atoms with Gasteiger partial charge in [0.15, 0.2) is 5.78 Å². The lowest BCUT2D eigenvalue weighted by molar-refractivity contribution is 0.0983. The molecule has 0 aliphatic carbocycles. The van der Waals surface area contributed by atoms with Gasteiger partial charge < -0.3 is 4.74 Å². The SMILES string of the molecule is CCC(=O)c1ccccc1OCc1cc(C)cc(C)c1. The molecule has 0 bridgehead atoms. The monoisotopic (exact) mass is 268 g/mol. The molecule has 0 spiro atoms. The van der Waals surface area contributed by atoms with E-state index in [0.29, 0.717) is 24.3 Å². The number of ether oxygens (including phenoxy) is 1. The van der Waals surface area contributed by atoms with Gasteiger partial charge in [0.1, 0.15) is 12.4 Å². The highest BCUT2D eigenvalue weighted by atomic mass is 16.5. The molecule has 2 nitrogen and oxygen atoms in total. The zero-order valence-electron chi connectivity index (χ0n) is 12.3. The lowest BCUT2D eigenvalue weighted by Gasteiger charge is -2.11. The van der Waals surface area contributed by atoms with Gasteiger partial charge in [-0.1, -0.05) is 48.4 Å². The van der Waals surface area contributed by atoms with Crippen molar-refractivity contribution in [2.45, 2.75) is 33.8 Å². The number of carbonyl (C=O) groups excluding carboxylic acids is 1. The Morgan fingerprint density at radius 1 is 1.05 bits per heavy atom. The second kappa shape index (κ2) is 6.38. The Bertz CT molecular complexity index is 594. The molecule has 2 heteroatoms. The Morgan fingerprint density at radius 2 is 1.70 bits per heavy atom. The number of Topliss-reactive ketones (excluding diaryl/α,β-unsaturated/α-hetero) is 1. The number of hydrogen-bond donors (Lipinski definition) is 0. The fourth-order valence-corrected chi connectivity index (χ4v) is 2.33. The van der Waals surface area contributed by atoms with E-state index in [1.165, 1.54) is 11.1 Å². The van der Waals surface area contributed by atoms with Gasteiger partial charge in [-0.05, 0) is 31.5 Å². The Kier molecular flexibility index (Phi) is 4.57. The highest BCUT2D eigenvalue weighted by Crippen LogP contribution is 2.21. The second-order valence-electron chi connectivity index (χ2n) is 5.06. The summed E-state index contributed by atoms with van der Waals surface area (Å²) < 4.78 is 5.84. The highest BCUT2D eigenvalue weighted by Gasteiger charge is 2.10. The minimum absolute atomic E-state index is 0.112. The van der Waals surface area contributed by atoms with Crippen LogP contribution in [0.2, 0.25) is 0 Å². The van der Waals surface area contributed by atoms with Gasteiger partial charge in [-0.2, -0.15) is 0 Å². The predicted molar refractivity (Wildman–Crippen MR) is 81.3 cm³/mol. The number of hydrogen-bond acceptors (Lipinski definition) is 2. The fraction of sp³-hybridized carbons (Fsp3) is 0.278. The van der Waals surface area contributed by atoms with Crippen molar-refractivity contribution in [1.82, 2.24) is 0 Å². The van der Waals surface area contributed by atoms with Crippen LogP contribution in [-0.2, 0) is 6.61 Å². The van der Waals surface area contributed by atoms with Crippen LogP contribution < -0.4 is 4.74 Å². The number of ketones is 1. The van der Waals surface area contributed by atoms with E-state index in [4.69, 9.17) is 4.74 Å². The van der Waals surface area contributed by atoms with Gasteiger partial charge in [0.05, 0.1) is 5.56 Å². The average molecular weight is 268 g/mol. The first kappa shape index (κ1) is 14.3. The van der Waals surface area contributed by atoms with Crippen LogP contribution in [0.5, 0.6) is 5.75 Å². The third kappa shape index (κ3) is 3.47. The summed E-state index contributed by atoms with van der Waals surface area (Å²) in [6.45, 7) is 6.50. The van der Waals surface area contributed by atoms with Gasteiger partial charge >= 0.3 is 0 Å². The molecule has 104 valence electrons. The minimum Gasteiger partial charge on any atom is -0.488 e. The summed E-state index contributed by atoms with van der Waals surface area (Å²) in [5, 5.41) is 0. The van der Waals surface area contributed by atoms with Gasteiger partial charge in [-0.3, -0.25) is 4.79 Å². The Hall–Kier alpha value is -2.09. The summed E-state index contributed by atoms with van der Waals surface area (Å²) in [4.78, 5) is 11.9. The van der Waals surface area contributed by atoms with E-state index < -0.39 is 0 Å². The predicted octanol–water partition coefficient (Wildman–Crippen LogP) is 4.48. The molecule has 2 rings (SSSR count). The molecule has 2 aromatic rings. The third-order valence-electron chi connectivity index (χ3n) is 3.18. The van der Waals surface area contributed by atoms with Crippen LogP contribution in [0, 0.1) is 13.8 Å². The zero-order chi connectivity index (χ0) is 14.5. The summed E-state index contributed by atoms with van der Waals surface area (Å²) >= 11 is 0. The molecule has 0 radical (unpaired) electrons. The van der Waals surface area contributed by atoms with Crippen LogP contribution in [0.3, 0.4) is 0 Å². The number of carbonyl (C=O) groups is 1.